The molecule has 1 aromatic rings. The van der Waals surface area contributed by atoms with Crippen molar-refractivity contribution in [3.05, 3.63) is 35.4 Å². The minimum absolute atomic E-state index is 0.0728. The minimum atomic E-state index is -0.922. The fourth-order valence-corrected chi connectivity index (χ4v) is 1.14. The molecule has 0 heterocycles. The molecule has 0 spiro atoms. The van der Waals surface area contributed by atoms with Crippen molar-refractivity contribution in [2.45, 2.75) is 12.8 Å². The first-order valence-corrected chi connectivity index (χ1v) is 4.66. The summed E-state index contributed by atoms with van der Waals surface area (Å²) in [5, 5.41) is 0. The molecule has 4 heteroatoms. The van der Waals surface area contributed by atoms with Crippen LogP contribution >= 0.6 is 0 Å². The molecule has 0 saturated carbocycles. The summed E-state index contributed by atoms with van der Waals surface area (Å²) in [6, 6.07) is 3.51. The SMILES string of the molecule is C#CCOC(=O)CCc1ccc(F)c(F)c1. The minimum Gasteiger partial charge on any atom is -0.452 e. The van der Waals surface area contributed by atoms with E-state index < -0.39 is 17.6 Å². The Balaban J connectivity index is 2.46. The van der Waals surface area contributed by atoms with Gasteiger partial charge in [0.25, 0.3) is 0 Å². The number of benzene rings is 1. The Labute approximate surface area is 92.2 Å². The third-order valence-corrected chi connectivity index (χ3v) is 1.92. The summed E-state index contributed by atoms with van der Waals surface area (Å²) in [6.07, 6.45) is 5.28. The smallest absolute Gasteiger partial charge is 0.307 e. The molecule has 0 saturated heterocycles. The van der Waals surface area contributed by atoms with E-state index in [9.17, 15) is 13.6 Å². The number of rotatable bonds is 4. The van der Waals surface area contributed by atoms with Crippen LogP contribution in [-0.4, -0.2) is 12.6 Å². The fourth-order valence-electron chi connectivity index (χ4n) is 1.14. The zero-order valence-electron chi connectivity index (χ0n) is 8.50. The highest BCUT2D eigenvalue weighted by molar-refractivity contribution is 5.69. The molecule has 0 atom stereocenters. The van der Waals surface area contributed by atoms with Crippen LogP contribution in [0.4, 0.5) is 8.78 Å². The standard InChI is InChI=1S/C12H10F2O2/c1-2-7-16-12(15)6-4-9-3-5-10(13)11(14)8-9/h1,3,5,8H,4,6-7H2. The van der Waals surface area contributed by atoms with E-state index in [1.807, 2.05) is 0 Å². The quantitative estimate of drug-likeness (QED) is 0.578. The summed E-state index contributed by atoms with van der Waals surface area (Å²) in [6.45, 7) is -0.0728. The van der Waals surface area contributed by atoms with Crippen molar-refractivity contribution in [3.8, 4) is 12.3 Å². The molecule has 0 unspecified atom stereocenters. The van der Waals surface area contributed by atoms with Crippen molar-refractivity contribution in [1.82, 2.24) is 0 Å². The van der Waals surface area contributed by atoms with Crippen molar-refractivity contribution in [2.75, 3.05) is 6.61 Å². The van der Waals surface area contributed by atoms with Crippen molar-refractivity contribution in [2.24, 2.45) is 0 Å². The number of aryl methyl sites for hydroxylation is 1. The maximum absolute atomic E-state index is 12.8. The topological polar surface area (TPSA) is 26.3 Å². The molecule has 1 aromatic carbocycles. The number of hydrogen-bond donors (Lipinski definition) is 0. The number of terminal acetylenes is 1. The van der Waals surface area contributed by atoms with Crippen molar-refractivity contribution in [1.29, 1.82) is 0 Å². The first kappa shape index (κ1) is 12.2. The predicted octanol–water partition coefficient (Wildman–Crippen LogP) is 2.07. The van der Waals surface area contributed by atoms with Crippen molar-refractivity contribution >= 4 is 5.97 Å². The lowest BCUT2D eigenvalue weighted by atomic mass is 10.1. The van der Waals surface area contributed by atoms with E-state index in [4.69, 9.17) is 6.42 Å². The first-order chi connectivity index (χ1) is 7.63. The van der Waals surface area contributed by atoms with Crippen LogP contribution in [0, 0.1) is 24.0 Å². The fraction of sp³-hybridized carbons (Fsp3) is 0.250. The number of halogens is 2. The van der Waals surface area contributed by atoms with E-state index in [0.29, 0.717) is 12.0 Å². The predicted molar refractivity (Wildman–Crippen MR) is 54.5 cm³/mol. The zero-order valence-corrected chi connectivity index (χ0v) is 8.50. The Kier molecular flexibility index (Phi) is 4.46. The Hall–Kier alpha value is -1.89. The molecule has 0 radical (unpaired) electrons. The third-order valence-electron chi connectivity index (χ3n) is 1.92. The van der Waals surface area contributed by atoms with Gasteiger partial charge in [-0.05, 0) is 24.1 Å². The average molecular weight is 224 g/mol. The molecule has 16 heavy (non-hydrogen) atoms. The van der Waals surface area contributed by atoms with Crippen LogP contribution in [0.1, 0.15) is 12.0 Å². The average Bonchev–Trinajstić information content (AvgIpc) is 2.28. The number of ether oxygens (including phenoxy) is 1. The van der Waals surface area contributed by atoms with Crippen LogP contribution in [0.3, 0.4) is 0 Å². The lowest BCUT2D eigenvalue weighted by Gasteiger charge is -2.02. The van der Waals surface area contributed by atoms with Crippen molar-refractivity contribution in [3.63, 3.8) is 0 Å². The molecule has 0 aliphatic rings. The molecule has 0 fully saturated rings. The molecular formula is C12H10F2O2. The number of esters is 1. The second-order valence-electron chi connectivity index (χ2n) is 3.11. The lowest BCUT2D eigenvalue weighted by Crippen LogP contribution is -2.06. The molecule has 2 nitrogen and oxygen atoms in total. The van der Waals surface area contributed by atoms with Crippen LogP contribution < -0.4 is 0 Å². The lowest BCUT2D eigenvalue weighted by molar-refractivity contribution is -0.142. The van der Waals surface area contributed by atoms with Gasteiger partial charge in [-0.1, -0.05) is 12.0 Å². The summed E-state index contributed by atoms with van der Waals surface area (Å²) in [7, 11) is 0. The van der Waals surface area contributed by atoms with E-state index in [-0.39, 0.29) is 13.0 Å². The van der Waals surface area contributed by atoms with Gasteiger partial charge in [0.1, 0.15) is 0 Å². The third kappa shape index (κ3) is 3.70. The largest absolute Gasteiger partial charge is 0.452 e. The molecular weight excluding hydrogens is 214 g/mol. The van der Waals surface area contributed by atoms with Crippen LogP contribution in [0.2, 0.25) is 0 Å². The molecule has 1 rings (SSSR count). The summed E-state index contributed by atoms with van der Waals surface area (Å²) in [5.74, 6) is -0.121. The van der Waals surface area contributed by atoms with E-state index in [1.54, 1.807) is 0 Å². The Morgan fingerprint density at radius 3 is 2.75 bits per heavy atom. The van der Waals surface area contributed by atoms with E-state index in [2.05, 4.69) is 10.7 Å². The second kappa shape index (κ2) is 5.86. The summed E-state index contributed by atoms with van der Waals surface area (Å²) in [4.78, 5) is 11.0. The van der Waals surface area contributed by atoms with Crippen molar-refractivity contribution < 1.29 is 18.3 Å². The van der Waals surface area contributed by atoms with Gasteiger partial charge in [-0.3, -0.25) is 4.79 Å². The molecule has 0 N–H and O–H groups in total. The van der Waals surface area contributed by atoms with Gasteiger partial charge in [0.05, 0.1) is 0 Å². The van der Waals surface area contributed by atoms with Gasteiger partial charge in [-0.25, -0.2) is 8.78 Å². The van der Waals surface area contributed by atoms with E-state index >= 15 is 0 Å². The van der Waals surface area contributed by atoms with Gasteiger partial charge in [-0.15, -0.1) is 6.42 Å². The van der Waals surface area contributed by atoms with Gasteiger partial charge >= 0.3 is 5.97 Å². The van der Waals surface area contributed by atoms with Gasteiger partial charge in [0, 0.05) is 6.42 Å². The summed E-state index contributed by atoms with van der Waals surface area (Å²) in [5.41, 5.74) is 0.538. The number of carbonyl (C=O) groups excluding carboxylic acids is 1. The summed E-state index contributed by atoms with van der Waals surface area (Å²) >= 11 is 0. The highest BCUT2D eigenvalue weighted by atomic mass is 19.2. The molecule has 0 aliphatic carbocycles. The second-order valence-corrected chi connectivity index (χ2v) is 3.11. The van der Waals surface area contributed by atoms with Crippen LogP contribution in [0.5, 0.6) is 0 Å². The first-order valence-electron chi connectivity index (χ1n) is 4.66. The normalized spacial score (nSPS) is 9.56. The Bertz CT molecular complexity index is 422. The van der Waals surface area contributed by atoms with Crippen LogP contribution in [0.15, 0.2) is 18.2 Å². The molecule has 0 amide bonds. The van der Waals surface area contributed by atoms with E-state index in [1.165, 1.54) is 6.07 Å². The van der Waals surface area contributed by atoms with Crippen LogP contribution in [0.25, 0.3) is 0 Å². The molecule has 0 aromatic heterocycles. The van der Waals surface area contributed by atoms with Gasteiger partial charge in [-0.2, -0.15) is 0 Å². The number of hydrogen-bond acceptors (Lipinski definition) is 2. The van der Waals surface area contributed by atoms with Crippen LogP contribution in [-0.2, 0) is 16.0 Å². The van der Waals surface area contributed by atoms with Gasteiger partial charge < -0.3 is 4.74 Å². The zero-order chi connectivity index (χ0) is 12.0. The Morgan fingerprint density at radius 1 is 1.38 bits per heavy atom. The highest BCUT2D eigenvalue weighted by Crippen LogP contribution is 2.10. The monoisotopic (exact) mass is 224 g/mol. The maximum atomic E-state index is 12.8. The molecule has 0 aliphatic heterocycles. The molecule has 84 valence electrons. The molecule has 0 bridgehead atoms. The highest BCUT2D eigenvalue weighted by Gasteiger charge is 2.06. The van der Waals surface area contributed by atoms with Gasteiger partial charge in [0.15, 0.2) is 18.2 Å². The Morgan fingerprint density at radius 2 is 2.12 bits per heavy atom. The summed E-state index contributed by atoms with van der Waals surface area (Å²) < 4.78 is 30.0. The van der Waals surface area contributed by atoms with E-state index in [0.717, 1.165) is 12.1 Å². The maximum Gasteiger partial charge on any atom is 0.307 e. The number of carbonyl (C=O) groups is 1. The van der Waals surface area contributed by atoms with Gasteiger partial charge in [0.2, 0.25) is 0 Å².